The molecular formula is C12H15NO4S. The van der Waals surface area contributed by atoms with Crippen LogP contribution in [0.3, 0.4) is 0 Å². The monoisotopic (exact) mass is 269 g/mol. The largest absolute Gasteiger partial charge is 0.480 e. The van der Waals surface area contributed by atoms with Crippen molar-refractivity contribution in [2.45, 2.75) is 31.9 Å². The molecule has 2 rings (SSSR count). The fraction of sp³-hybridized carbons (Fsp3) is 0.500. The number of carbonyl (C=O) groups is 2. The maximum atomic E-state index is 12.2. The van der Waals surface area contributed by atoms with Gasteiger partial charge < -0.3 is 15.1 Å². The number of carbonyl (C=O) groups excluding carboxylic acids is 1. The molecule has 2 unspecified atom stereocenters. The van der Waals surface area contributed by atoms with E-state index in [1.54, 1.807) is 6.07 Å². The Bertz CT molecular complexity index is 470. The number of thiophene rings is 1. The Hall–Kier alpha value is -1.40. The second-order valence-corrected chi connectivity index (χ2v) is 5.49. The van der Waals surface area contributed by atoms with Crippen LogP contribution in [-0.4, -0.2) is 45.7 Å². The molecule has 1 aromatic heterocycles. The molecule has 2 heterocycles. The van der Waals surface area contributed by atoms with Crippen molar-refractivity contribution in [3.63, 3.8) is 0 Å². The van der Waals surface area contributed by atoms with Gasteiger partial charge in [0.2, 0.25) is 0 Å². The maximum Gasteiger partial charge on any atom is 0.326 e. The molecule has 0 aliphatic carbocycles. The number of rotatable bonds is 3. The molecule has 0 aromatic carbocycles. The molecular weight excluding hydrogens is 254 g/mol. The van der Waals surface area contributed by atoms with E-state index < -0.39 is 18.1 Å². The van der Waals surface area contributed by atoms with E-state index in [1.165, 1.54) is 16.2 Å². The van der Waals surface area contributed by atoms with Crippen molar-refractivity contribution in [1.29, 1.82) is 0 Å². The first kappa shape index (κ1) is 13.0. The minimum Gasteiger partial charge on any atom is -0.480 e. The number of likely N-dealkylation sites (tertiary alicyclic amines) is 1. The van der Waals surface area contributed by atoms with Crippen LogP contribution in [0.1, 0.15) is 27.9 Å². The minimum absolute atomic E-state index is 0.0924. The Morgan fingerprint density at radius 3 is 2.78 bits per heavy atom. The lowest BCUT2D eigenvalue weighted by Gasteiger charge is -2.20. The molecule has 2 atom stereocenters. The Morgan fingerprint density at radius 2 is 2.22 bits per heavy atom. The molecule has 1 amide bonds. The first-order chi connectivity index (χ1) is 8.52. The second-order valence-electron chi connectivity index (χ2n) is 4.32. The molecule has 1 aliphatic rings. The van der Waals surface area contributed by atoms with Crippen LogP contribution in [0.5, 0.6) is 0 Å². The van der Waals surface area contributed by atoms with Gasteiger partial charge in [-0.05, 0) is 18.6 Å². The number of nitrogens with zero attached hydrogens (tertiary/aromatic N) is 1. The number of amides is 1. The topological polar surface area (TPSA) is 77.8 Å². The zero-order valence-corrected chi connectivity index (χ0v) is 10.8. The quantitative estimate of drug-likeness (QED) is 0.857. The van der Waals surface area contributed by atoms with E-state index >= 15 is 0 Å². The van der Waals surface area contributed by atoms with Gasteiger partial charge in [-0.2, -0.15) is 0 Å². The number of aliphatic hydroxyl groups is 1. The van der Waals surface area contributed by atoms with Crippen LogP contribution in [0.25, 0.3) is 0 Å². The third-order valence-corrected chi connectivity index (χ3v) is 4.26. The van der Waals surface area contributed by atoms with E-state index in [4.69, 9.17) is 5.11 Å². The van der Waals surface area contributed by atoms with Gasteiger partial charge in [-0.25, -0.2) is 4.79 Å². The second kappa shape index (κ2) is 5.07. The van der Waals surface area contributed by atoms with Crippen LogP contribution >= 0.6 is 11.3 Å². The van der Waals surface area contributed by atoms with Gasteiger partial charge >= 0.3 is 5.97 Å². The normalized spacial score (nSPS) is 23.3. The zero-order valence-electron chi connectivity index (χ0n) is 10.00. The van der Waals surface area contributed by atoms with Crippen LogP contribution in [-0.2, 0) is 11.2 Å². The summed E-state index contributed by atoms with van der Waals surface area (Å²) < 4.78 is 0. The summed E-state index contributed by atoms with van der Waals surface area (Å²) in [5, 5.41) is 18.6. The molecule has 1 aliphatic heterocycles. The summed E-state index contributed by atoms with van der Waals surface area (Å²) >= 11 is 1.38. The van der Waals surface area contributed by atoms with E-state index in [2.05, 4.69) is 0 Å². The predicted molar refractivity (Wildman–Crippen MR) is 66.8 cm³/mol. The summed E-state index contributed by atoms with van der Waals surface area (Å²) in [6.45, 7) is 2.09. The molecule has 6 heteroatoms. The molecule has 0 saturated carbocycles. The molecule has 18 heavy (non-hydrogen) atoms. The van der Waals surface area contributed by atoms with Gasteiger partial charge in [0.15, 0.2) is 0 Å². The lowest BCUT2D eigenvalue weighted by molar-refractivity contribution is -0.141. The Balaban J connectivity index is 2.19. The molecule has 2 N–H and O–H groups in total. The average Bonchev–Trinajstić information content (AvgIpc) is 2.94. The van der Waals surface area contributed by atoms with Crippen molar-refractivity contribution >= 4 is 23.2 Å². The highest BCUT2D eigenvalue weighted by molar-refractivity contribution is 7.14. The van der Waals surface area contributed by atoms with Gasteiger partial charge in [-0.1, -0.05) is 6.92 Å². The number of aliphatic carboxylic acids is 1. The summed E-state index contributed by atoms with van der Waals surface area (Å²) in [6.07, 6.45) is 0.205. The third kappa shape index (κ3) is 2.39. The standard InChI is InChI=1S/C12H15NO4S/c1-2-8-3-4-10(18-8)11(15)13-6-7(14)5-9(13)12(16)17/h3-4,7,9,14H,2,5-6H2,1H3,(H,16,17). The van der Waals surface area contributed by atoms with Gasteiger partial charge in [0.05, 0.1) is 11.0 Å². The van der Waals surface area contributed by atoms with Crippen LogP contribution in [0, 0.1) is 0 Å². The third-order valence-electron chi connectivity index (χ3n) is 3.05. The van der Waals surface area contributed by atoms with E-state index in [1.807, 2.05) is 13.0 Å². The summed E-state index contributed by atoms with van der Waals surface area (Å²) in [5.74, 6) is -1.36. The summed E-state index contributed by atoms with van der Waals surface area (Å²) in [7, 11) is 0. The highest BCUT2D eigenvalue weighted by Gasteiger charge is 2.39. The van der Waals surface area contributed by atoms with Crippen molar-refractivity contribution in [2.75, 3.05) is 6.54 Å². The lowest BCUT2D eigenvalue weighted by atomic mass is 10.2. The summed E-state index contributed by atoms with van der Waals surface area (Å²) in [4.78, 5) is 26.1. The van der Waals surface area contributed by atoms with Gasteiger partial charge in [0.25, 0.3) is 5.91 Å². The van der Waals surface area contributed by atoms with Crippen molar-refractivity contribution in [1.82, 2.24) is 4.90 Å². The molecule has 5 nitrogen and oxygen atoms in total. The van der Waals surface area contributed by atoms with Gasteiger partial charge in [-0.3, -0.25) is 4.79 Å². The molecule has 0 radical (unpaired) electrons. The van der Waals surface area contributed by atoms with E-state index in [0.29, 0.717) is 4.88 Å². The van der Waals surface area contributed by atoms with Gasteiger partial charge in [0, 0.05) is 17.8 Å². The van der Waals surface area contributed by atoms with Crippen LogP contribution in [0.2, 0.25) is 0 Å². The van der Waals surface area contributed by atoms with Crippen molar-refractivity contribution in [3.05, 3.63) is 21.9 Å². The average molecular weight is 269 g/mol. The highest BCUT2D eigenvalue weighted by Crippen LogP contribution is 2.24. The minimum atomic E-state index is -1.06. The SMILES string of the molecule is CCc1ccc(C(=O)N2CC(O)CC2C(=O)O)s1. The highest BCUT2D eigenvalue weighted by atomic mass is 32.1. The number of aryl methyl sites for hydroxylation is 1. The Morgan fingerprint density at radius 1 is 1.50 bits per heavy atom. The molecule has 98 valence electrons. The number of carboxylic acids is 1. The number of aliphatic hydroxyl groups excluding tert-OH is 1. The van der Waals surface area contributed by atoms with E-state index in [9.17, 15) is 14.7 Å². The predicted octanol–water partition coefficient (Wildman–Crippen LogP) is 0.970. The Labute approximate surface area is 109 Å². The summed E-state index contributed by atoms with van der Waals surface area (Å²) in [5.41, 5.74) is 0. The number of β-amino-alcohol motifs (C(OH)–C–C–N with tert-alkyl or cyclic N) is 1. The van der Waals surface area contributed by atoms with Crippen molar-refractivity contribution in [2.24, 2.45) is 0 Å². The summed E-state index contributed by atoms with van der Waals surface area (Å²) in [6, 6.07) is 2.68. The van der Waals surface area contributed by atoms with Crippen molar-refractivity contribution < 1.29 is 19.8 Å². The fourth-order valence-electron chi connectivity index (χ4n) is 2.10. The van der Waals surface area contributed by atoms with Crippen LogP contribution in [0.15, 0.2) is 12.1 Å². The number of hydrogen-bond donors (Lipinski definition) is 2. The Kier molecular flexibility index (Phi) is 3.68. The molecule has 1 aromatic rings. The van der Waals surface area contributed by atoms with Crippen LogP contribution < -0.4 is 0 Å². The number of hydrogen-bond acceptors (Lipinski definition) is 4. The van der Waals surface area contributed by atoms with Gasteiger partial charge in [0.1, 0.15) is 6.04 Å². The maximum absolute atomic E-state index is 12.2. The zero-order chi connectivity index (χ0) is 13.3. The van der Waals surface area contributed by atoms with Crippen LogP contribution in [0.4, 0.5) is 0 Å². The number of carboxylic acid groups (broad SMARTS) is 1. The lowest BCUT2D eigenvalue weighted by Crippen LogP contribution is -2.40. The molecule has 1 fully saturated rings. The van der Waals surface area contributed by atoms with E-state index in [0.717, 1.165) is 11.3 Å². The van der Waals surface area contributed by atoms with Gasteiger partial charge in [-0.15, -0.1) is 11.3 Å². The first-order valence-corrected chi connectivity index (χ1v) is 6.65. The first-order valence-electron chi connectivity index (χ1n) is 5.83. The smallest absolute Gasteiger partial charge is 0.326 e. The molecule has 0 bridgehead atoms. The van der Waals surface area contributed by atoms with Crippen molar-refractivity contribution in [3.8, 4) is 0 Å². The molecule has 1 saturated heterocycles. The fourth-order valence-corrected chi connectivity index (χ4v) is 3.00. The molecule has 0 spiro atoms. The van der Waals surface area contributed by atoms with E-state index in [-0.39, 0.29) is 18.9 Å².